The van der Waals surface area contributed by atoms with E-state index in [1.54, 1.807) is 0 Å². The minimum absolute atomic E-state index is 0.190. The van der Waals surface area contributed by atoms with Crippen molar-refractivity contribution in [2.24, 2.45) is 5.73 Å². The molecule has 15 heteroatoms. The predicted molar refractivity (Wildman–Crippen MR) is 96.2 cm³/mol. The molecule has 0 aromatic carbocycles. The Morgan fingerprint density at radius 1 is 0.903 bits per heavy atom. The lowest BCUT2D eigenvalue weighted by Gasteiger charge is -2.44. The molecule has 15 nitrogen and oxygen atoms in total. The van der Waals surface area contributed by atoms with Gasteiger partial charge < -0.3 is 66.1 Å². The van der Waals surface area contributed by atoms with Crippen LogP contribution in [-0.2, 0) is 23.8 Å². The van der Waals surface area contributed by atoms with Gasteiger partial charge in [-0.2, -0.15) is 0 Å². The van der Waals surface area contributed by atoms with Crippen LogP contribution in [0.4, 0.5) is 0 Å². The number of carbonyl (C=O) groups excluding carboxylic acids is 2. The maximum atomic E-state index is 10.8. The van der Waals surface area contributed by atoms with Gasteiger partial charge in [0.05, 0.1) is 13.2 Å². The van der Waals surface area contributed by atoms with E-state index in [2.05, 4.69) is 5.73 Å². The molecule has 10 atom stereocenters. The van der Waals surface area contributed by atoms with Crippen molar-refractivity contribution in [3.63, 3.8) is 0 Å². The molecule has 3 rings (SSSR count). The quantitative estimate of drug-likeness (QED) is 0.177. The van der Waals surface area contributed by atoms with Crippen LogP contribution in [0.5, 0.6) is 0 Å². The van der Waals surface area contributed by atoms with Crippen molar-refractivity contribution in [1.29, 1.82) is 0 Å². The second kappa shape index (κ2) is 11.4. The number of aliphatic hydroxyl groups excluding tert-OH is 7. The first-order chi connectivity index (χ1) is 14.3. The molecule has 11 N–H and O–H groups in total. The smallest absolute Gasteiger partial charge is 0.279 e. The fourth-order valence-corrected chi connectivity index (χ4v) is 3.00. The van der Waals surface area contributed by atoms with Gasteiger partial charge in [0, 0.05) is 13.8 Å². The van der Waals surface area contributed by atoms with Crippen molar-refractivity contribution in [3.8, 4) is 0 Å². The number of hydrogen-bond donors (Lipinski definition) is 10. The molecule has 2 amide bonds. The monoisotopic (exact) mass is 458 g/mol. The van der Waals surface area contributed by atoms with Crippen molar-refractivity contribution < 1.29 is 64.7 Å². The first-order valence-electron chi connectivity index (χ1n) is 9.17. The van der Waals surface area contributed by atoms with Crippen LogP contribution in [0.1, 0.15) is 13.8 Å². The highest BCUT2D eigenvalue weighted by Crippen LogP contribution is 2.33. The van der Waals surface area contributed by atoms with E-state index >= 15 is 0 Å². The first kappa shape index (κ1) is 27.5. The van der Waals surface area contributed by atoms with E-state index in [1.807, 2.05) is 5.32 Å². The third-order valence-corrected chi connectivity index (χ3v) is 4.43. The van der Waals surface area contributed by atoms with Crippen molar-refractivity contribution in [3.05, 3.63) is 0 Å². The molecule has 0 aromatic rings. The Kier molecular flexibility index (Phi) is 10.1. The number of nitrogens with two attached hydrogens (primary N) is 1. The summed E-state index contributed by atoms with van der Waals surface area (Å²) in [5.41, 5.74) is 4.47. The predicted octanol–water partition coefficient (Wildman–Crippen LogP) is -6.44. The number of carbonyl (C=O) groups is 2. The molecule has 3 fully saturated rings. The zero-order chi connectivity index (χ0) is 24.1. The van der Waals surface area contributed by atoms with Gasteiger partial charge >= 0.3 is 0 Å². The number of aliphatic hydroxyl groups is 8. The third kappa shape index (κ3) is 6.74. The van der Waals surface area contributed by atoms with Crippen LogP contribution in [0.3, 0.4) is 0 Å². The lowest BCUT2D eigenvalue weighted by molar-refractivity contribution is -0.358. The first-order valence-corrected chi connectivity index (χ1v) is 9.17. The topological polar surface area (TPSA) is 262 Å². The largest absolute Gasteiger partial charge is 0.394 e. The minimum atomic E-state index is -2.53. The fraction of sp³-hybridized carbons (Fsp3) is 0.875. The number of fused-ring (bicyclic) bond motifs is 2. The highest BCUT2D eigenvalue weighted by molar-refractivity contribution is 5.73. The summed E-state index contributed by atoms with van der Waals surface area (Å²) < 4.78 is 14.8. The van der Waals surface area contributed by atoms with Gasteiger partial charge in [-0.15, -0.1) is 0 Å². The molecule has 2 bridgehead atoms. The number of nitrogens with one attached hydrogen (secondary N) is 1. The lowest BCUT2D eigenvalue weighted by Crippen LogP contribution is -2.71. The van der Waals surface area contributed by atoms with Crippen molar-refractivity contribution in [2.45, 2.75) is 74.9 Å². The average molecular weight is 458 g/mol. The van der Waals surface area contributed by atoms with E-state index in [1.165, 1.54) is 6.92 Å². The summed E-state index contributed by atoms with van der Waals surface area (Å²) in [5, 5.41) is 75.7. The second-order valence-corrected chi connectivity index (χ2v) is 7.06. The zero-order valence-corrected chi connectivity index (χ0v) is 16.8. The molecule has 0 saturated carbocycles. The lowest BCUT2D eigenvalue weighted by atomic mass is 9.96. The molecule has 1 unspecified atom stereocenters. The summed E-state index contributed by atoms with van der Waals surface area (Å²) in [5.74, 6) is -3.57. The molecule has 0 spiro atoms. The average Bonchev–Trinajstić information content (AvgIpc) is 3.22. The van der Waals surface area contributed by atoms with Crippen molar-refractivity contribution in [1.82, 2.24) is 5.32 Å². The fourth-order valence-electron chi connectivity index (χ4n) is 3.00. The Bertz CT molecular complexity index is 598. The Morgan fingerprint density at radius 3 is 1.81 bits per heavy atom. The van der Waals surface area contributed by atoms with Crippen LogP contribution in [0, 0.1) is 0 Å². The van der Waals surface area contributed by atoms with E-state index in [-0.39, 0.29) is 12.5 Å². The Hall–Kier alpha value is -1.50. The minimum Gasteiger partial charge on any atom is -0.394 e. The molecule has 31 heavy (non-hydrogen) atoms. The second-order valence-electron chi connectivity index (χ2n) is 7.06. The standard InChI is InChI=1S/C8H15NO7.C6H10O5.C2H5NO/c1-3(11)9-8(15)7(14)6(13)5(12)4(2-10)16-8;7-1-2-5-3(8)4(9)6(10-2)11-5;1-2(3)4/h4-7,10,12-15H,2H2,1H3,(H,9,11);2-9H,1H2;1H3,(H2,3,4)/t4-,5-,6+,7-,8?;2-,3+,4-,5-,6+;/m11./s1. The molecular weight excluding hydrogens is 428 g/mol. The van der Waals surface area contributed by atoms with Crippen LogP contribution < -0.4 is 11.1 Å². The van der Waals surface area contributed by atoms with Crippen molar-refractivity contribution >= 4 is 11.8 Å². The Labute approximate surface area is 176 Å². The molecule has 0 radical (unpaired) electrons. The number of ether oxygens (including phenoxy) is 3. The number of hydrogen-bond acceptors (Lipinski definition) is 13. The van der Waals surface area contributed by atoms with Gasteiger partial charge in [-0.3, -0.25) is 9.59 Å². The molecule has 0 aliphatic carbocycles. The summed E-state index contributed by atoms with van der Waals surface area (Å²) in [6.45, 7) is 1.50. The third-order valence-electron chi connectivity index (χ3n) is 4.43. The SMILES string of the molecule is CC(=O)NC1(O)O[C@H](CO)[C@@H](O)[C@H](O)[C@H]1O.CC(N)=O.OC[C@H]1O[C@H]2O[C@H]1[C@@H](O)[C@H]2O. The van der Waals surface area contributed by atoms with Gasteiger partial charge in [0.15, 0.2) is 12.4 Å². The number of amides is 2. The maximum Gasteiger partial charge on any atom is 0.279 e. The molecule has 0 aromatic heterocycles. The molecular formula is C16H30N2O13. The van der Waals surface area contributed by atoms with Crippen LogP contribution in [0.2, 0.25) is 0 Å². The summed E-state index contributed by atoms with van der Waals surface area (Å²) in [6, 6.07) is 0. The number of rotatable bonds is 3. The van der Waals surface area contributed by atoms with Gasteiger partial charge in [-0.05, 0) is 0 Å². The van der Waals surface area contributed by atoms with Gasteiger partial charge in [0.2, 0.25) is 11.8 Å². The summed E-state index contributed by atoms with van der Waals surface area (Å²) in [6.07, 6.45) is -10.2. The Morgan fingerprint density at radius 2 is 1.42 bits per heavy atom. The van der Waals surface area contributed by atoms with E-state index in [0.717, 1.165) is 6.92 Å². The highest BCUT2D eigenvalue weighted by atomic mass is 16.8. The van der Waals surface area contributed by atoms with Crippen LogP contribution >= 0.6 is 0 Å². The van der Waals surface area contributed by atoms with Crippen LogP contribution in [0.25, 0.3) is 0 Å². The number of primary amides is 1. The van der Waals surface area contributed by atoms with E-state index in [9.17, 15) is 35.1 Å². The maximum absolute atomic E-state index is 10.8. The van der Waals surface area contributed by atoms with Gasteiger partial charge in [-0.25, -0.2) is 0 Å². The normalized spacial score (nSPS) is 43.2. The van der Waals surface area contributed by atoms with Gasteiger partial charge in [0.1, 0.15) is 42.7 Å². The molecule has 182 valence electrons. The molecule has 3 aliphatic rings. The summed E-state index contributed by atoms with van der Waals surface area (Å²) in [7, 11) is 0. The van der Waals surface area contributed by atoms with E-state index < -0.39 is 73.5 Å². The van der Waals surface area contributed by atoms with E-state index in [0.29, 0.717) is 0 Å². The summed E-state index contributed by atoms with van der Waals surface area (Å²) in [4.78, 5) is 20.0. The van der Waals surface area contributed by atoms with Gasteiger partial charge in [-0.1, -0.05) is 0 Å². The van der Waals surface area contributed by atoms with Crippen molar-refractivity contribution in [2.75, 3.05) is 13.2 Å². The highest BCUT2D eigenvalue weighted by Gasteiger charge is 2.54. The Balaban J connectivity index is 0.000000276. The van der Waals surface area contributed by atoms with Crippen LogP contribution in [-0.4, -0.2) is 127 Å². The zero-order valence-electron chi connectivity index (χ0n) is 16.8. The van der Waals surface area contributed by atoms with Crippen LogP contribution in [0.15, 0.2) is 0 Å². The molecule has 3 aliphatic heterocycles. The summed E-state index contributed by atoms with van der Waals surface area (Å²) >= 11 is 0. The molecule has 3 saturated heterocycles. The van der Waals surface area contributed by atoms with E-state index in [4.69, 9.17) is 29.5 Å². The van der Waals surface area contributed by atoms with Gasteiger partial charge in [0.25, 0.3) is 5.91 Å². The molecule has 3 heterocycles.